The van der Waals surface area contributed by atoms with Crippen LogP contribution in [-0.4, -0.2) is 0 Å². The molecule has 0 aliphatic rings. The van der Waals surface area contributed by atoms with E-state index in [0.29, 0.717) is 5.92 Å². The Morgan fingerprint density at radius 3 is 2.50 bits per heavy atom. The second-order valence-electron chi connectivity index (χ2n) is 2.21. The average Bonchev–Trinajstić information content (AvgIpc) is 1.97. The van der Waals surface area contributed by atoms with Crippen LogP contribution >= 0.6 is 0 Å². The van der Waals surface area contributed by atoms with Gasteiger partial charge in [0.25, 0.3) is 0 Å². The van der Waals surface area contributed by atoms with E-state index in [2.05, 4.69) is 37.5 Å². The van der Waals surface area contributed by atoms with Gasteiger partial charge in [-0.25, -0.2) is 0 Å². The largest absolute Gasteiger partial charge is 0.107 e. The Kier molecular flexibility index (Phi) is 5.69. The highest BCUT2D eigenvalue weighted by atomic mass is 13.9. The molecule has 0 bridgehead atoms. The Hall–Kier alpha value is -0.880. The van der Waals surface area contributed by atoms with E-state index in [9.17, 15) is 0 Å². The molecule has 0 N–H and O–H groups in total. The fourth-order valence-electron chi connectivity index (χ4n) is 0.582. The number of hydrogen-bond donors (Lipinski definition) is 0. The van der Waals surface area contributed by atoms with Crippen LogP contribution in [0.5, 0.6) is 0 Å². The first kappa shape index (κ1) is 9.12. The van der Waals surface area contributed by atoms with Crippen molar-refractivity contribution in [2.24, 2.45) is 5.92 Å². The Labute approximate surface area is 64.0 Å². The molecule has 0 amide bonds. The van der Waals surface area contributed by atoms with Gasteiger partial charge in [0.1, 0.15) is 0 Å². The summed E-state index contributed by atoms with van der Waals surface area (Å²) in [6, 6.07) is 0. The van der Waals surface area contributed by atoms with Crippen molar-refractivity contribution in [3.8, 4) is 23.7 Å². The third-order valence-electron chi connectivity index (χ3n) is 1.11. The van der Waals surface area contributed by atoms with E-state index in [1.54, 1.807) is 0 Å². The molecule has 1 unspecified atom stereocenters. The monoisotopic (exact) mass is 134 g/mol. The van der Waals surface area contributed by atoms with Gasteiger partial charge in [0.15, 0.2) is 0 Å². The molecule has 0 saturated carbocycles. The first-order chi connectivity index (χ1) is 4.81. The summed E-state index contributed by atoms with van der Waals surface area (Å²) >= 11 is 0. The zero-order valence-electron chi connectivity index (χ0n) is 6.99. The molecule has 0 heteroatoms. The molecule has 0 aliphatic heterocycles. The van der Waals surface area contributed by atoms with E-state index >= 15 is 0 Å². The Balaban J connectivity index is 3.59. The lowest BCUT2D eigenvalue weighted by atomic mass is 10.1. The highest BCUT2D eigenvalue weighted by Gasteiger charge is 1.89. The van der Waals surface area contributed by atoms with E-state index in [4.69, 9.17) is 0 Å². The minimum Gasteiger partial charge on any atom is -0.107 e. The third kappa shape index (κ3) is 5.26. The van der Waals surface area contributed by atoms with Crippen molar-refractivity contribution in [3.63, 3.8) is 0 Å². The van der Waals surface area contributed by atoms with E-state index in [-0.39, 0.29) is 0 Å². The van der Waals surface area contributed by atoms with Crippen molar-refractivity contribution in [3.05, 3.63) is 0 Å². The van der Waals surface area contributed by atoms with Crippen LogP contribution in [0.4, 0.5) is 0 Å². The summed E-state index contributed by atoms with van der Waals surface area (Å²) in [6.45, 7) is 6.03. The van der Waals surface area contributed by atoms with Crippen molar-refractivity contribution in [2.45, 2.75) is 33.6 Å². The van der Waals surface area contributed by atoms with Gasteiger partial charge in [-0.1, -0.05) is 19.8 Å². The van der Waals surface area contributed by atoms with Crippen LogP contribution in [0.15, 0.2) is 0 Å². The fraction of sp³-hybridized carbons (Fsp3) is 0.600. The van der Waals surface area contributed by atoms with Crippen LogP contribution in [0.2, 0.25) is 0 Å². The lowest BCUT2D eigenvalue weighted by Gasteiger charge is -1.92. The second kappa shape index (κ2) is 6.24. The van der Waals surface area contributed by atoms with Crippen LogP contribution in [0.1, 0.15) is 33.6 Å². The van der Waals surface area contributed by atoms with Gasteiger partial charge >= 0.3 is 0 Å². The van der Waals surface area contributed by atoms with Crippen molar-refractivity contribution < 1.29 is 0 Å². The van der Waals surface area contributed by atoms with Gasteiger partial charge in [0.2, 0.25) is 0 Å². The lowest BCUT2D eigenvalue weighted by molar-refractivity contribution is 0.788. The average molecular weight is 134 g/mol. The second-order valence-corrected chi connectivity index (χ2v) is 2.21. The summed E-state index contributed by atoms with van der Waals surface area (Å²) < 4.78 is 0. The molecule has 0 aromatic carbocycles. The fourth-order valence-corrected chi connectivity index (χ4v) is 0.582. The van der Waals surface area contributed by atoms with Gasteiger partial charge in [-0.15, -0.1) is 17.8 Å². The van der Waals surface area contributed by atoms with Crippen molar-refractivity contribution in [1.82, 2.24) is 0 Å². The summed E-state index contributed by atoms with van der Waals surface area (Å²) in [5.74, 6) is 12.5. The van der Waals surface area contributed by atoms with Crippen LogP contribution in [0.25, 0.3) is 0 Å². The smallest absolute Gasteiger partial charge is 0.0283 e. The molecule has 0 saturated heterocycles. The maximum absolute atomic E-state index is 3.11. The maximum Gasteiger partial charge on any atom is 0.0283 e. The zero-order valence-corrected chi connectivity index (χ0v) is 6.99. The maximum atomic E-state index is 3.11. The van der Waals surface area contributed by atoms with Gasteiger partial charge in [-0.05, 0) is 6.92 Å². The van der Waals surface area contributed by atoms with Gasteiger partial charge in [0, 0.05) is 18.8 Å². The third-order valence-corrected chi connectivity index (χ3v) is 1.11. The molecule has 0 aromatic heterocycles. The Morgan fingerprint density at radius 1 is 1.30 bits per heavy atom. The molecule has 0 nitrogen and oxygen atoms in total. The van der Waals surface area contributed by atoms with Gasteiger partial charge < -0.3 is 0 Å². The quantitative estimate of drug-likeness (QED) is 0.483. The molecule has 0 fully saturated rings. The topological polar surface area (TPSA) is 0 Å². The van der Waals surface area contributed by atoms with Crippen LogP contribution < -0.4 is 0 Å². The first-order valence-corrected chi connectivity index (χ1v) is 3.69. The SMILES string of the molecule is CC#CCC(C)C#CCC. The lowest BCUT2D eigenvalue weighted by Crippen LogP contribution is -1.86. The number of hydrogen-bond acceptors (Lipinski definition) is 0. The first-order valence-electron chi connectivity index (χ1n) is 3.69. The number of rotatable bonds is 1. The molecule has 10 heavy (non-hydrogen) atoms. The van der Waals surface area contributed by atoms with E-state index in [1.165, 1.54) is 0 Å². The molecule has 54 valence electrons. The van der Waals surface area contributed by atoms with Crippen molar-refractivity contribution in [2.75, 3.05) is 0 Å². The summed E-state index contributed by atoms with van der Waals surface area (Å²) in [4.78, 5) is 0. The summed E-state index contributed by atoms with van der Waals surface area (Å²) in [5, 5.41) is 0. The molecule has 0 aliphatic carbocycles. The van der Waals surface area contributed by atoms with Crippen LogP contribution in [0.3, 0.4) is 0 Å². The summed E-state index contributed by atoms with van der Waals surface area (Å²) in [5.41, 5.74) is 0. The highest BCUT2D eigenvalue weighted by molar-refractivity contribution is 5.07. The normalized spacial score (nSPS) is 10.3. The molecule has 0 heterocycles. The molecular formula is C10H14. The van der Waals surface area contributed by atoms with Gasteiger partial charge in [0.05, 0.1) is 0 Å². The minimum absolute atomic E-state index is 0.437. The standard InChI is InChI=1S/C10H14/c1-4-6-8-10(3)9-7-5-2/h10H,4,9H2,1-3H3. The van der Waals surface area contributed by atoms with E-state index in [1.807, 2.05) is 6.92 Å². The molecule has 1 atom stereocenters. The van der Waals surface area contributed by atoms with Crippen LogP contribution in [-0.2, 0) is 0 Å². The van der Waals surface area contributed by atoms with Crippen molar-refractivity contribution in [1.29, 1.82) is 0 Å². The molecular weight excluding hydrogens is 120 g/mol. The molecule has 0 rings (SSSR count). The van der Waals surface area contributed by atoms with Crippen LogP contribution in [0, 0.1) is 29.6 Å². The molecule has 0 aromatic rings. The highest BCUT2D eigenvalue weighted by Crippen LogP contribution is 1.96. The van der Waals surface area contributed by atoms with E-state index < -0.39 is 0 Å². The van der Waals surface area contributed by atoms with E-state index in [0.717, 1.165) is 12.8 Å². The van der Waals surface area contributed by atoms with Gasteiger partial charge in [-0.2, -0.15) is 0 Å². The predicted octanol–water partition coefficient (Wildman–Crippen LogP) is 2.45. The molecule has 0 spiro atoms. The summed E-state index contributed by atoms with van der Waals surface area (Å²) in [6.07, 6.45) is 1.85. The zero-order chi connectivity index (χ0) is 7.82. The molecule has 0 radical (unpaired) electrons. The Morgan fingerprint density at radius 2 is 2.00 bits per heavy atom. The van der Waals surface area contributed by atoms with Crippen molar-refractivity contribution >= 4 is 0 Å². The Bertz CT molecular complexity index is 180. The minimum atomic E-state index is 0.437. The van der Waals surface area contributed by atoms with Gasteiger partial charge in [-0.3, -0.25) is 0 Å². The summed E-state index contributed by atoms with van der Waals surface area (Å²) in [7, 11) is 0. The predicted molar refractivity (Wildman–Crippen MR) is 45.3 cm³/mol.